The predicted octanol–water partition coefficient (Wildman–Crippen LogP) is 1.62. The van der Waals surface area contributed by atoms with Crippen LogP contribution in [0.3, 0.4) is 0 Å². The van der Waals surface area contributed by atoms with E-state index in [1.165, 1.54) is 0 Å². The van der Waals surface area contributed by atoms with Gasteiger partial charge < -0.3 is 15.4 Å². The summed E-state index contributed by atoms with van der Waals surface area (Å²) in [5, 5.41) is 5.92. The summed E-state index contributed by atoms with van der Waals surface area (Å²) in [6.07, 6.45) is 5.09. The smallest absolute Gasteiger partial charge is 0.258 e. The maximum Gasteiger partial charge on any atom is 0.258 e. The first-order chi connectivity index (χ1) is 9.54. The van der Waals surface area contributed by atoms with Crippen LogP contribution in [0.4, 0.5) is 0 Å². The van der Waals surface area contributed by atoms with Gasteiger partial charge in [0.1, 0.15) is 5.75 Å². The molecule has 0 saturated carbocycles. The lowest BCUT2D eigenvalue weighted by molar-refractivity contribution is -0.122. The molecule has 108 valence electrons. The van der Waals surface area contributed by atoms with Gasteiger partial charge in [0.05, 0.1) is 6.54 Å². The van der Waals surface area contributed by atoms with Crippen LogP contribution in [0.1, 0.15) is 25.0 Å². The second-order valence-electron chi connectivity index (χ2n) is 4.87. The molecular weight excluding hydrogens is 252 g/mol. The quantitative estimate of drug-likeness (QED) is 0.743. The van der Waals surface area contributed by atoms with Crippen LogP contribution in [0.25, 0.3) is 0 Å². The van der Waals surface area contributed by atoms with Crippen LogP contribution in [0.5, 0.6) is 5.75 Å². The fourth-order valence-electron chi connectivity index (χ4n) is 1.71. The first kappa shape index (κ1) is 16.1. The molecular formula is C16H22N2O2. The SMILES string of the molecule is C#CCNC(=O)COc1c(C)cccc1CNC(C)C. The number of rotatable bonds is 7. The van der Waals surface area contributed by atoms with E-state index < -0.39 is 0 Å². The lowest BCUT2D eigenvalue weighted by Crippen LogP contribution is -2.29. The Morgan fingerprint density at radius 1 is 1.45 bits per heavy atom. The number of aryl methyl sites for hydroxylation is 1. The summed E-state index contributed by atoms with van der Waals surface area (Å²) in [6, 6.07) is 6.34. The van der Waals surface area contributed by atoms with Gasteiger partial charge in [-0.05, 0) is 12.5 Å². The van der Waals surface area contributed by atoms with Gasteiger partial charge in [-0.25, -0.2) is 0 Å². The van der Waals surface area contributed by atoms with Crippen molar-refractivity contribution in [1.82, 2.24) is 10.6 Å². The summed E-state index contributed by atoms with van der Waals surface area (Å²) in [7, 11) is 0. The zero-order chi connectivity index (χ0) is 15.0. The van der Waals surface area contributed by atoms with Crippen molar-refractivity contribution in [3.05, 3.63) is 29.3 Å². The minimum absolute atomic E-state index is 0.0266. The van der Waals surface area contributed by atoms with E-state index in [1.807, 2.05) is 25.1 Å². The van der Waals surface area contributed by atoms with Gasteiger partial charge in [-0.3, -0.25) is 4.79 Å². The topological polar surface area (TPSA) is 50.4 Å². The number of amides is 1. The van der Waals surface area contributed by atoms with Crippen LogP contribution in [0.2, 0.25) is 0 Å². The molecule has 0 aliphatic rings. The number of benzene rings is 1. The molecule has 0 saturated heterocycles. The minimum Gasteiger partial charge on any atom is -0.483 e. The van der Waals surface area contributed by atoms with E-state index >= 15 is 0 Å². The zero-order valence-electron chi connectivity index (χ0n) is 12.3. The number of ether oxygens (including phenoxy) is 1. The highest BCUT2D eigenvalue weighted by atomic mass is 16.5. The maximum atomic E-state index is 11.5. The van der Waals surface area contributed by atoms with E-state index in [4.69, 9.17) is 11.2 Å². The number of para-hydroxylation sites is 1. The molecule has 0 spiro atoms. The van der Waals surface area contributed by atoms with Crippen molar-refractivity contribution in [1.29, 1.82) is 0 Å². The van der Waals surface area contributed by atoms with Gasteiger partial charge in [0, 0.05) is 18.2 Å². The molecule has 1 aromatic carbocycles. The Balaban J connectivity index is 2.68. The van der Waals surface area contributed by atoms with Crippen molar-refractivity contribution in [2.45, 2.75) is 33.4 Å². The number of nitrogens with one attached hydrogen (secondary N) is 2. The zero-order valence-corrected chi connectivity index (χ0v) is 12.3. The molecule has 20 heavy (non-hydrogen) atoms. The van der Waals surface area contributed by atoms with Gasteiger partial charge in [0.15, 0.2) is 6.61 Å². The number of hydrogen-bond donors (Lipinski definition) is 2. The molecule has 0 radical (unpaired) electrons. The fraction of sp³-hybridized carbons (Fsp3) is 0.438. The Bertz CT molecular complexity index is 490. The monoisotopic (exact) mass is 274 g/mol. The summed E-state index contributed by atoms with van der Waals surface area (Å²) in [5.41, 5.74) is 2.06. The second kappa shape index (κ2) is 8.23. The average Bonchev–Trinajstić information content (AvgIpc) is 2.41. The lowest BCUT2D eigenvalue weighted by Gasteiger charge is -2.15. The third-order valence-electron chi connectivity index (χ3n) is 2.73. The normalized spacial score (nSPS) is 10.2. The number of terminal acetylenes is 1. The van der Waals surface area contributed by atoms with Crippen LogP contribution >= 0.6 is 0 Å². The molecule has 1 amide bonds. The second-order valence-corrected chi connectivity index (χ2v) is 4.87. The van der Waals surface area contributed by atoms with Crippen LogP contribution in [-0.2, 0) is 11.3 Å². The number of carbonyl (C=O) groups excluding carboxylic acids is 1. The molecule has 0 atom stereocenters. The highest BCUT2D eigenvalue weighted by molar-refractivity contribution is 5.77. The minimum atomic E-state index is -0.214. The van der Waals surface area contributed by atoms with Gasteiger partial charge in [0.25, 0.3) is 5.91 Å². The summed E-state index contributed by atoms with van der Waals surface area (Å²) in [4.78, 5) is 11.5. The van der Waals surface area contributed by atoms with Gasteiger partial charge in [-0.1, -0.05) is 38.0 Å². The third-order valence-corrected chi connectivity index (χ3v) is 2.73. The van der Waals surface area contributed by atoms with Gasteiger partial charge in [-0.2, -0.15) is 0 Å². The van der Waals surface area contributed by atoms with E-state index in [0.717, 1.165) is 16.9 Å². The average molecular weight is 274 g/mol. The van der Waals surface area contributed by atoms with E-state index in [1.54, 1.807) is 0 Å². The maximum absolute atomic E-state index is 11.5. The van der Waals surface area contributed by atoms with Crippen molar-refractivity contribution in [3.8, 4) is 18.1 Å². The largest absolute Gasteiger partial charge is 0.483 e. The van der Waals surface area contributed by atoms with E-state index in [-0.39, 0.29) is 19.1 Å². The van der Waals surface area contributed by atoms with Crippen LogP contribution in [0, 0.1) is 19.3 Å². The standard InChI is InChI=1S/C16H22N2O2/c1-5-9-17-15(19)11-20-16-13(4)7-6-8-14(16)10-18-12(2)3/h1,6-8,12,18H,9-11H2,2-4H3,(H,17,19). The molecule has 1 rings (SSSR count). The summed E-state index contributed by atoms with van der Waals surface area (Å²) < 4.78 is 5.64. The van der Waals surface area contributed by atoms with Crippen molar-refractivity contribution in [3.63, 3.8) is 0 Å². The van der Waals surface area contributed by atoms with Gasteiger partial charge in [0.2, 0.25) is 0 Å². The van der Waals surface area contributed by atoms with Crippen LogP contribution < -0.4 is 15.4 Å². The van der Waals surface area contributed by atoms with Crippen molar-refractivity contribution < 1.29 is 9.53 Å². The molecule has 0 aliphatic carbocycles. The molecule has 4 nitrogen and oxygen atoms in total. The first-order valence-electron chi connectivity index (χ1n) is 6.69. The van der Waals surface area contributed by atoms with Crippen molar-refractivity contribution in [2.75, 3.05) is 13.2 Å². The molecule has 4 heteroatoms. The highest BCUT2D eigenvalue weighted by Crippen LogP contribution is 2.23. The molecule has 0 fully saturated rings. The Morgan fingerprint density at radius 2 is 2.20 bits per heavy atom. The van der Waals surface area contributed by atoms with E-state index in [9.17, 15) is 4.79 Å². The predicted molar refractivity (Wildman–Crippen MR) is 80.5 cm³/mol. The molecule has 0 aromatic heterocycles. The molecule has 0 aliphatic heterocycles. The Hall–Kier alpha value is -1.99. The molecule has 0 bridgehead atoms. The highest BCUT2D eigenvalue weighted by Gasteiger charge is 2.09. The summed E-state index contributed by atoms with van der Waals surface area (Å²) in [6.45, 7) is 7.04. The Kier molecular flexibility index (Phi) is 6.61. The van der Waals surface area contributed by atoms with E-state index in [2.05, 4.69) is 30.4 Å². The summed E-state index contributed by atoms with van der Waals surface area (Å²) >= 11 is 0. The Morgan fingerprint density at radius 3 is 2.85 bits per heavy atom. The van der Waals surface area contributed by atoms with Gasteiger partial charge in [-0.15, -0.1) is 6.42 Å². The third kappa shape index (κ3) is 5.33. The van der Waals surface area contributed by atoms with Crippen LogP contribution in [0.15, 0.2) is 18.2 Å². The fourth-order valence-corrected chi connectivity index (χ4v) is 1.71. The van der Waals surface area contributed by atoms with Crippen LogP contribution in [-0.4, -0.2) is 25.1 Å². The van der Waals surface area contributed by atoms with Gasteiger partial charge >= 0.3 is 0 Å². The lowest BCUT2D eigenvalue weighted by atomic mass is 10.1. The van der Waals surface area contributed by atoms with Crippen molar-refractivity contribution in [2.24, 2.45) is 0 Å². The molecule has 0 heterocycles. The summed E-state index contributed by atoms with van der Waals surface area (Å²) in [5.74, 6) is 2.90. The molecule has 0 unspecified atom stereocenters. The number of carbonyl (C=O) groups is 1. The first-order valence-corrected chi connectivity index (χ1v) is 6.69. The molecule has 2 N–H and O–H groups in total. The Labute approximate surface area is 120 Å². The van der Waals surface area contributed by atoms with E-state index in [0.29, 0.717) is 12.6 Å². The number of hydrogen-bond acceptors (Lipinski definition) is 3. The van der Waals surface area contributed by atoms with Crippen molar-refractivity contribution >= 4 is 5.91 Å². The molecule has 1 aromatic rings.